The number of furan rings is 1. The molecular formula is C11H13BrN2O2. The lowest BCUT2D eigenvalue weighted by Gasteiger charge is -2.03. The highest BCUT2D eigenvalue weighted by atomic mass is 79.9. The van der Waals surface area contributed by atoms with Gasteiger partial charge < -0.3 is 14.2 Å². The molecule has 1 N–H and O–H groups in total. The molecule has 86 valence electrons. The normalized spacial score (nSPS) is 11.2. The second-order valence-corrected chi connectivity index (χ2v) is 4.56. The number of rotatable bonds is 4. The first-order chi connectivity index (χ1) is 7.65. The highest BCUT2D eigenvalue weighted by molar-refractivity contribution is 9.10. The van der Waals surface area contributed by atoms with Gasteiger partial charge in [0, 0.05) is 12.6 Å². The van der Waals surface area contributed by atoms with E-state index in [2.05, 4.69) is 40.1 Å². The van der Waals surface area contributed by atoms with Gasteiger partial charge in [-0.05, 0) is 28.1 Å². The van der Waals surface area contributed by atoms with Crippen molar-refractivity contribution in [1.29, 1.82) is 0 Å². The quantitative estimate of drug-likeness (QED) is 0.937. The first-order valence-corrected chi connectivity index (χ1v) is 5.88. The zero-order valence-corrected chi connectivity index (χ0v) is 10.7. The van der Waals surface area contributed by atoms with Crippen molar-refractivity contribution in [2.75, 3.05) is 0 Å². The second kappa shape index (κ2) is 4.84. The van der Waals surface area contributed by atoms with E-state index in [1.807, 2.05) is 12.1 Å². The van der Waals surface area contributed by atoms with Gasteiger partial charge in [-0.2, -0.15) is 0 Å². The summed E-state index contributed by atoms with van der Waals surface area (Å²) in [7, 11) is 0. The molecule has 2 aromatic heterocycles. The zero-order valence-electron chi connectivity index (χ0n) is 9.16. The molecule has 2 aromatic rings. The molecule has 0 aliphatic rings. The van der Waals surface area contributed by atoms with E-state index in [1.165, 1.54) is 0 Å². The number of halogens is 1. The number of nitrogens with zero attached hydrogens (tertiary/aromatic N) is 1. The van der Waals surface area contributed by atoms with E-state index < -0.39 is 0 Å². The summed E-state index contributed by atoms with van der Waals surface area (Å²) in [4.78, 5) is 4.32. The van der Waals surface area contributed by atoms with Gasteiger partial charge in [0.05, 0.1) is 5.69 Å². The van der Waals surface area contributed by atoms with E-state index in [9.17, 15) is 0 Å². The summed E-state index contributed by atoms with van der Waals surface area (Å²) < 4.78 is 11.3. The van der Waals surface area contributed by atoms with Gasteiger partial charge in [-0.25, -0.2) is 4.98 Å². The van der Waals surface area contributed by atoms with Crippen LogP contribution in [0.4, 0.5) is 0 Å². The average Bonchev–Trinajstić information content (AvgIpc) is 2.83. The van der Waals surface area contributed by atoms with Crippen molar-refractivity contribution < 1.29 is 8.83 Å². The summed E-state index contributed by atoms with van der Waals surface area (Å²) in [6.45, 7) is 4.87. The molecule has 4 nitrogen and oxygen atoms in total. The van der Waals surface area contributed by atoms with E-state index in [-0.39, 0.29) is 0 Å². The van der Waals surface area contributed by atoms with Crippen LogP contribution in [0.3, 0.4) is 0 Å². The van der Waals surface area contributed by atoms with E-state index in [4.69, 9.17) is 8.83 Å². The Morgan fingerprint density at radius 1 is 1.44 bits per heavy atom. The van der Waals surface area contributed by atoms with E-state index in [1.54, 1.807) is 6.26 Å². The van der Waals surface area contributed by atoms with Crippen molar-refractivity contribution in [2.45, 2.75) is 26.4 Å². The Balaban J connectivity index is 2.07. The van der Waals surface area contributed by atoms with Crippen molar-refractivity contribution in [1.82, 2.24) is 10.3 Å². The highest BCUT2D eigenvalue weighted by Crippen LogP contribution is 2.24. The number of nitrogens with one attached hydrogen (secondary N) is 1. The Kier molecular flexibility index (Phi) is 3.46. The summed E-state index contributed by atoms with van der Waals surface area (Å²) in [6.07, 6.45) is 1.64. The number of hydrogen-bond acceptors (Lipinski definition) is 4. The predicted octanol–water partition coefficient (Wildman–Crippen LogP) is 3.20. The van der Waals surface area contributed by atoms with Crippen LogP contribution in [0.5, 0.6) is 0 Å². The summed E-state index contributed by atoms with van der Waals surface area (Å²) in [6, 6.07) is 4.05. The first-order valence-electron chi connectivity index (χ1n) is 5.08. The van der Waals surface area contributed by atoms with Crippen LogP contribution in [0.2, 0.25) is 0 Å². The minimum atomic E-state index is 0.429. The summed E-state index contributed by atoms with van der Waals surface area (Å²) in [5, 5.41) is 3.27. The molecule has 2 rings (SSSR count). The summed E-state index contributed by atoms with van der Waals surface area (Å²) in [5.41, 5.74) is 0.872. The molecule has 2 heterocycles. The lowest BCUT2D eigenvalue weighted by molar-refractivity contribution is 0.504. The lowest BCUT2D eigenvalue weighted by atomic mass is 10.3. The first kappa shape index (κ1) is 11.4. The fraction of sp³-hybridized carbons (Fsp3) is 0.364. The van der Waals surface area contributed by atoms with E-state index in [0.29, 0.717) is 28.9 Å². The van der Waals surface area contributed by atoms with Crippen LogP contribution in [0.1, 0.15) is 19.5 Å². The van der Waals surface area contributed by atoms with Crippen molar-refractivity contribution in [3.05, 3.63) is 28.8 Å². The van der Waals surface area contributed by atoms with Gasteiger partial charge >= 0.3 is 0 Å². The zero-order chi connectivity index (χ0) is 11.5. The minimum Gasteiger partial charge on any atom is -0.444 e. The monoisotopic (exact) mass is 284 g/mol. The fourth-order valence-corrected chi connectivity index (χ4v) is 1.55. The van der Waals surface area contributed by atoms with Crippen LogP contribution in [-0.2, 0) is 6.54 Å². The van der Waals surface area contributed by atoms with E-state index >= 15 is 0 Å². The molecule has 0 radical (unpaired) electrons. The Morgan fingerprint density at radius 2 is 2.25 bits per heavy atom. The smallest absolute Gasteiger partial charge is 0.263 e. The van der Waals surface area contributed by atoms with Crippen LogP contribution >= 0.6 is 15.9 Å². The Labute approximate surface area is 102 Å². The van der Waals surface area contributed by atoms with Crippen LogP contribution < -0.4 is 5.32 Å². The molecule has 0 fully saturated rings. The molecule has 0 aliphatic carbocycles. The maximum Gasteiger partial charge on any atom is 0.263 e. The van der Waals surface area contributed by atoms with Gasteiger partial charge in [0.15, 0.2) is 10.4 Å². The van der Waals surface area contributed by atoms with Gasteiger partial charge in [-0.15, -0.1) is 0 Å². The molecule has 16 heavy (non-hydrogen) atoms. The molecule has 0 atom stereocenters. The van der Waals surface area contributed by atoms with Gasteiger partial charge in [0.1, 0.15) is 6.26 Å². The molecule has 0 aromatic carbocycles. The van der Waals surface area contributed by atoms with Crippen LogP contribution in [0.15, 0.2) is 31.9 Å². The van der Waals surface area contributed by atoms with Crippen molar-refractivity contribution in [3.63, 3.8) is 0 Å². The Morgan fingerprint density at radius 3 is 2.88 bits per heavy atom. The molecule has 0 saturated heterocycles. The second-order valence-electron chi connectivity index (χ2n) is 3.78. The Bertz CT molecular complexity index is 462. The lowest BCUT2D eigenvalue weighted by Crippen LogP contribution is -2.21. The van der Waals surface area contributed by atoms with Crippen LogP contribution in [0.25, 0.3) is 11.7 Å². The molecule has 5 heteroatoms. The number of aromatic nitrogens is 1. The summed E-state index contributed by atoms with van der Waals surface area (Å²) >= 11 is 3.24. The maximum absolute atomic E-state index is 5.35. The minimum absolute atomic E-state index is 0.429. The van der Waals surface area contributed by atoms with Crippen molar-refractivity contribution in [2.24, 2.45) is 0 Å². The fourth-order valence-electron chi connectivity index (χ4n) is 1.24. The molecule has 0 aliphatic heterocycles. The van der Waals surface area contributed by atoms with Crippen LogP contribution in [-0.4, -0.2) is 11.0 Å². The maximum atomic E-state index is 5.35. The number of oxazole rings is 1. The number of hydrogen-bond donors (Lipinski definition) is 1. The molecular weight excluding hydrogens is 272 g/mol. The van der Waals surface area contributed by atoms with E-state index in [0.717, 1.165) is 5.69 Å². The topological polar surface area (TPSA) is 51.2 Å². The third-order valence-electron chi connectivity index (χ3n) is 2.03. The SMILES string of the molecule is CC(C)NCc1coc(-c2ccc(Br)o2)n1. The molecule has 0 saturated carbocycles. The average molecular weight is 285 g/mol. The Hall–Kier alpha value is -1.07. The molecule has 0 unspecified atom stereocenters. The molecule has 0 bridgehead atoms. The standard InChI is InChI=1S/C11H13BrN2O2/c1-7(2)13-5-8-6-15-11(14-8)9-3-4-10(12)16-9/h3-4,6-7,13H,5H2,1-2H3. The predicted molar refractivity (Wildman–Crippen MR) is 63.9 cm³/mol. The third kappa shape index (κ3) is 2.74. The van der Waals surface area contributed by atoms with Gasteiger partial charge in [-0.1, -0.05) is 13.8 Å². The van der Waals surface area contributed by atoms with Gasteiger partial charge in [-0.3, -0.25) is 0 Å². The van der Waals surface area contributed by atoms with Crippen LogP contribution in [0, 0.1) is 0 Å². The third-order valence-corrected chi connectivity index (χ3v) is 2.45. The van der Waals surface area contributed by atoms with Gasteiger partial charge in [0.2, 0.25) is 0 Å². The van der Waals surface area contributed by atoms with Crippen molar-refractivity contribution in [3.8, 4) is 11.7 Å². The molecule has 0 spiro atoms. The highest BCUT2D eigenvalue weighted by Gasteiger charge is 2.10. The summed E-state index contributed by atoms with van der Waals surface area (Å²) in [5.74, 6) is 1.13. The van der Waals surface area contributed by atoms with Gasteiger partial charge in [0.25, 0.3) is 5.89 Å². The molecule has 0 amide bonds. The largest absolute Gasteiger partial charge is 0.444 e. The van der Waals surface area contributed by atoms with Crippen molar-refractivity contribution >= 4 is 15.9 Å².